The second kappa shape index (κ2) is 8.42. The zero-order valence-corrected chi connectivity index (χ0v) is 16.6. The highest BCUT2D eigenvalue weighted by Crippen LogP contribution is 2.34. The number of benzene rings is 1. The van der Waals surface area contributed by atoms with Crippen LogP contribution in [0.3, 0.4) is 0 Å². The first-order valence-electron chi connectivity index (χ1n) is 9.77. The fourth-order valence-electron chi connectivity index (χ4n) is 4.08. The quantitative estimate of drug-likeness (QED) is 0.855. The Hall–Kier alpha value is -1.89. The maximum absolute atomic E-state index is 12.6. The fourth-order valence-corrected chi connectivity index (χ4v) is 5.01. The normalized spacial score (nSPS) is 20.3. The number of carbonyl (C=O) groups excluding carboxylic acids is 1. The molecule has 6 heteroatoms. The summed E-state index contributed by atoms with van der Waals surface area (Å²) >= 11 is 1.84. The zero-order chi connectivity index (χ0) is 18.6. The topological polar surface area (TPSA) is 44.8 Å². The van der Waals surface area contributed by atoms with E-state index in [0.717, 1.165) is 51.4 Å². The lowest BCUT2D eigenvalue weighted by atomic mass is 9.98. The highest BCUT2D eigenvalue weighted by atomic mass is 32.1. The third kappa shape index (κ3) is 4.18. The van der Waals surface area contributed by atoms with Crippen LogP contribution >= 0.6 is 11.3 Å². The van der Waals surface area contributed by atoms with Crippen molar-refractivity contribution in [3.8, 4) is 0 Å². The average Bonchev–Trinajstić information content (AvgIpc) is 3.18. The number of anilines is 2. The minimum absolute atomic E-state index is 0.0613. The molecule has 1 atom stereocenters. The van der Waals surface area contributed by atoms with Gasteiger partial charge in [0.05, 0.1) is 19.8 Å². The van der Waals surface area contributed by atoms with E-state index < -0.39 is 0 Å². The first-order chi connectivity index (χ1) is 13.2. The number of nitrogens with one attached hydrogen (secondary N) is 1. The van der Waals surface area contributed by atoms with Crippen LogP contribution in [0.15, 0.2) is 35.7 Å². The Labute approximate surface area is 164 Å². The van der Waals surface area contributed by atoms with E-state index in [1.807, 2.05) is 23.5 Å². The van der Waals surface area contributed by atoms with Gasteiger partial charge in [0.15, 0.2) is 0 Å². The number of hydrogen-bond donors (Lipinski definition) is 1. The molecule has 27 heavy (non-hydrogen) atoms. The first kappa shape index (κ1) is 18.5. The van der Waals surface area contributed by atoms with E-state index in [2.05, 4.69) is 45.6 Å². The summed E-state index contributed by atoms with van der Waals surface area (Å²) in [6.45, 7) is 6.99. The number of hydrogen-bond acceptors (Lipinski definition) is 5. The molecule has 3 heterocycles. The lowest BCUT2D eigenvalue weighted by Gasteiger charge is -2.34. The Balaban J connectivity index is 1.35. The molecule has 0 spiro atoms. The van der Waals surface area contributed by atoms with Crippen molar-refractivity contribution < 1.29 is 9.53 Å². The van der Waals surface area contributed by atoms with Crippen LogP contribution in [-0.2, 0) is 16.0 Å². The van der Waals surface area contributed by atoms with Crippen molar-refractivity contribution in [1.29, 1.82) is 0 Å². The Kier molecular flexibility index (Phi) is 5.76. The van der Waals surface area contributed by atoms with Gasteiger partial charge in [-0.25, -0.2) is 0 Å². The number of amides is 1. The van der Waals surface area contributed by atoms with E-state index in [1.165, 1.54) is 16.1 Å². The molecule has 1 unspecified atom stereocenters. The van der Waals surface area contributed by atoms with Gasteiger partial charge in [-0.2, -0.15) is 0 Å². The number of fused-ring (bicyclic) bond motifs is 1. The standard InChI is InChI=1S/C21H27N3O2S/c1-2-19-18-8-14-27-20(18)7-9-24(19)15-21(25)22-16-3-5-17(6-4-16)23-10-12-26-13-11-23/h3-6,8,14,19H,2,7,9-13,15H2,1H3,(H,22,25). The smallest absolute Gasteiger partial charge is 0.238 e. The minimum atomic E-state index is 0.0613. The molecule has 1 amide bonds. The second-order valence-corrected chi connectivity index (χ2v) is 8.14. The summed E-state index contributed by atoms with van der Waals surface area (Å²) < 4.78 is 5.40. The minimum Gasteiger partial charge on any atom is -0.378 e. The Morgan fingerprint density at radius 1 is 1.19 bits per heavy atom. The van der Waals surface area contributed by atoms with Gasteiger partial charge in [-0.15, -0.1) is 11.3 Å². The number of thiophene rings is 1. The van der Waals surface area contributed by atoms with E-state index >= 15 is 0 Å². The van der Waals surface area contributed by atoms with Crippen LogP contribution in [0, 0.1) is 0 Å². The molecule has 0 aliphatic carbocycles. The monoisotopic (exact) mass is 385 g/mol. The van der Waals surface area contributed by atoms with Gasteiger partial charge in [0, 0.05) is 41.9 Å². The lowest BCUT2D eigenvalue weighted by Crippen LogP contribution is -2.40. The lowest BCUT2D eigenvalue weighted by molar-refractivity contribution is -0.118. The molecule has 144 valence electrons. The largest absolute Gasteiger partial charge is 0.378 e. The van der Waals surface area contributed by atoms with E-state index in [1.54, 1.807) is 0 Å². The van der Waals surface area contributed by atoms with E-state index in [4.69, 9.17) is 4.74 Å². The van der Waals surface area contributed by atoms with Gasteiger partial charge in [-0.1, -0.05) is 6.92 Å². The van der Waals surface area contributed by atoms with Crippen molar-refractivity contribution in [3.63, 3.8) is 0 Å². The summed E-state index contributed by atoms with van der Waals surface area (Å²) in [5, 5.41) is 5.23. The molecular weight excluding hydrogens is 358 g/mol. The summed E-state index contributed by atoms with van der Waals surface area (Å²) in [4.78, 5) is 18.7. The Morgan fingerprint density at radius 2 is 1.96 bits per heavy atom. The molecule has 1 fully saturated rings. The Morgan fingerprint density at radius 3 is 2.70 bits per heavy atom. The van der Waals surface area contributed by atoms with E-state index in [0.29, 0.717) is 12.6 Å². The van der Waals surface area contributed by atoms with Gasteiger partial charge in [0.1, 0.15) is 0 Å². The van der Waals surface area contributed by atoms with Crippen LogP contribution in [0.1, 0.15) is 29.8 Å². The van der Waals surface area contributed by atoms with E-state index in [-0.39, 0.29) is 5.91 Å². The molecule has 1 aromatic carbocycles. The average molecular weight is 386 g/mol. The highest BCUT2D eigenvalue weighted by molar-refractivity contribution is 7.10. The molecule has 2 aliphatic heterocycles. The molecule has 1 aromatic heterocycles. The molecule has 2 aromatic rings. The molecule has 1 saturated heterocycles. The first-order valence-corrected chi connectivity index (χ1v) is 10.7. The van der Waals surface area contributed by atoms with Crippen molar-refractivity contribution in [2.75, 3.05) is 49.6 Å². The molecule has 4 rings (SSSR count). The van der Waals surface area contributed by atoms with Crippen molar-refractivity contribution >= 4 is 28.6 Å². The summed E-state index contributed by atoms with van der Waals surface area (Å²) in [6, 6.07) is 10.7. The van der Waals surface area contributed by atoms with E-state index in [9.17, 15) is 4.79 Å². The van der Waals surface area contributed by atoms with Crippen LogP contribution in [0.4, 0.5) is 11.4 Å². The van der Waals surface area contributed by atoms with Crippen molar-refractivity contribution in [1.82, 2.24) is 4.90 Å². The summed E-state index contributed by atoms with van der Waals surface area (Å²) in [5.41, 5.74) is 3.46. The van der Waals surface area contributed by atoms with Crippen molar-refractivity contribution in [2.24, 2.45) is 0 Å². The van der Waals surface area contributed by atoms with Crippen LogP contribution in [0.25, 0.3) is 0 Å². The maximum Gasteiger partial charge on any atom is 0.238 e. The molecule has 0 radical (unpaired) electrons. The van der Waals surface area contributed by atoms with Gasteiger partial charge in [0.25, 0.3) is 0 Å². The van der Waals surface area contributed by atoms with Gasteiger partial charge < -0.3 is 15.0 Å². The van der Waals surface area contributed by atoms with Gasteiger partial charge >= 0.3 is 0 Å². The molecule has 2 aliphatic rings. The SMILES string of the molecule is CCC1c2ccsc2CCN1CC(=O)Nc1ccc(N2CCOCC2)cc1. The van der Waals surface area contributed by atoms with Crippen LogP contribution < -0.4 is 10.2 Å². The van der Waals surface area contributed by atoms with Crippen LogP contribution in [0.5, 0.6) is 0 Å². The predicted molar refractivity (Wildman–Crippen MR) is 111 cm³/mol. The third-order valence-electron chi connectivity index (χ3n) is 5.47. The fraction of sp³-hybridized carbons (Fsp3) is 0.476. The zero-order valence-electron chi connectivity index (χ0n) is 15.8. The third-order valence-corrected chi connectivity index (χ3v) is 6.46. The number of carbonyl (C=O) groups is 1. The Bertz CT molecular complexity index is 768. The predicted octanol–water partition coefficient (Wildman–Crippen LogP) is 3.53. The molecule has 0 bridgehead atoms. The van der Waals surface area contributed by atoms with Gasteiger partial charge in [0.2, 0.25) is 5.91 Å². The van der Waals surface area contributed by atoms with Crippen molar-refractivity contribution in [3.05, 3.63) is 46.2 Å². The molecule has 0 saturated carbocycles. The van der Waals surface area contributed by atoms with Gasteiger partial charge in [-0.3, -0.25) is 9.69 Å². The summed E-state index contributed by atoms with van der Waals surface area (Å²) in [7, 11) is 0. The van der Waals surface area contributed by atoms with Crippen LogP contribution in [-0.4, -0.2) is 50.2 Å². The summed E-state index contributed by atoms with van der Waals surface area (Å²) in [6.07, 6.45) is 2.08. The number of nitrogens with zero attached hydrogens (tertiary/aromatic N) is 2. The highest BCUT2D eigenvalue weighted by Gasteiger charge is 2.28. The molecule has 1 N–H and O–H groups in total. The molecule has 5 nitrogen and oxygen atoms in total. The maximum atomic E-state index is 12.6. The van der Waals surface area contributed by atoms with Gasteiger partial charge in [-0.05, 0) is 54.1 Å². The second-order valence-electron chi connectivity index (χ2n) is 7.14. The number of ether oxygens (including phenoxy) is 1. The molecular formula is C21H27N3O2S. The van der Waals surface area contributed by atoms with Crippen LogP contribution in [0.2, 0.25) is 0 Å². The van der Waals surface area contributed by atoms with Crippen molar-refractivity contribution in [2.45, 2.75) is 25.8 Å². The number of morpholine rings is 1. The summed E-state index contributed by atoms with van der Waals surface area (Å²) in [5.74, 6) is 0.0613. The number of rotatable bonds is 5.